The number of ketones is 2. The lowest BCUT2D eigenvalue weighted by atomic mass is 9.95. The molecule has 0 aromatic rings. The molecule has 1 aliphatic rings. The minimum Gasteiger partial charge on any atom is -0.295 e. The van der Waals surface area contributed by atoms with Gasteiger partial charge in [-0.1, -0.05) is 39.5 Å². The number of carbonyl (C=O) groups is 2. The smallest absolute Gasteiger partial charge is 0.162 e. The zero-order chi connectivity index (χ0) is 13.5. The van der Waals surface area contributed by atoms with E-state index in [1.54, 1.807) is 6.92 Å². The number of rotatable bonds is 8. The van der Waals surface area contributed by atoms with E-state index in [1.807, 2.05) is 0 Å². The Bertz CT molecular complexity index is 339. The van der Waals surface area contributed by atoms with Crippen molar-refractivity contribution >= 4 is 11.6 Å². The van der Waals surface area contributed by atoms with E-state index in [0.717, 1.165) is 43.3 Å². The summed E-state index contributed by atoms with van der Waals surface area (Å²) in [6.45, 7) is 5.89. The molecular weight excluding hydrogens is 224 g/mol. The first-order valence-electron chi connectivity index (χ1n) is 7.38. The van der Waals surface area contributed by atoms with Gasteiger partial charge in [-0.15, -0.1) is 0 Å². The summed E-state index contributed by atoms with van der Waals surface area (Å²) in [5, 5.41) is 0. The second kappa shape index (κ2) is 7.50. The predicted octanol–water partition coefficient (Wildman–Crippen LogP) is 4.23. The van der Waals surface area contributed by atoms with Gasteiger partial charge in [0.2, 0.25) is 0 Å². The molecular formula is C16H26O2. The van der Waals surface area contributed by atoms with E-state index in [9.17, 15) is 9.59 Å². The molecule has 1 aliphatic carbocycles. The lowest BCUT2D eigenvalue weighted by Crippen LogP contribution is -2.10. The van der Waals surface area contributed by atoms with Gasteiger partial charge < -0.3 is 0 Å². The lowest BCUT2D eigenvalue weighted by molar-refractivity contribution is -0.118. The Kier molecular flexibility index (Phi) is 6.31. The van der Waals surface area contributed by atoms with Crippen molar-refractivity contribution < 1.29 is 9.59 Å². The van der Waals surface area contributed by atoms with Gasteiger partial charge in [-0.25, -0.2) is 0 Å². The third kappa shape index (κ3) is 3.79. The molecule has 2 nitrogen and oxygen atoms in total. The fraction of sp³-hybridized carbons (Fsp3) is 0.750. The van der Waals surface area contributed by atoms with Gasteiger partial charge >= 0.3 is 0 Å². The molecule has 0 N–H and O–H groups in total. The second-order valence-electron chi connectivity index (χ2n) is 5.38. The third-order valence-electron chi connectivity index (χ3n) is 3.84. The molecule has 0 fully saturated rings. The average Bonchev–Trinajstić information content (AvgIpc) is 2.65. The van der Waals surface area contributed by atoms with Crippen LogP contribution in [0.25, 0.3) is 0 Å². The van der Waals surface area contributed by atoms with Crippen molar-refractivity contribution in [3.05, 3.63) is 11.1 Å². The minimum absolute atomic E-state index is 0.0994. The molecule has 0 spiro atoms. The van der Waals surface area contributed by atoms with Crippen molar-refractivity contribution in [3.63, 3.8) is 0 Å². The van der Waals surface area contributed by atoms with Gasteiger partial charge in [0.1, 0.15) is 0 Å². The fourth-order valence-electron chi connectivity index (χ4n) is 2.72. The maximum absolute atomic E-state index is 12.3. The summed E-state index contributed by atoms with van der Waals surface area (Å²) in [7, 11) is 0. The summed E-state index contributed by atoms with van der Waals surface area (Å²) in [4.78, 5) is 23.9. The monoisotopic (exact) mass is 250 g/mol. The quantitative estimate of drug-likeness (QED) is 0.604. The van der Waals surface area contributed by atoms with E-state index in [-0.39, 0.29) is 17.5 Å². The molecule has 1 atom stereocenters. The maximum atomic E-state index is 12.3. The molecule has 0 heterocycles. The van der Waals surface area contributed by atoms with E-state index in [1.165, 1.54) is 12.8 Å². The van der Waals surface area contributed by atoms with Crippen molar-refractivity contribution in [2.75, 3.05) is 0 Å². The molecule has 0 aromatic carbocycles. The second-order valence-corrected chi connectivity index (χ2v) is 5.38. The predicted molar refractivity (Wildman–Crippen MR) is 74.5 cm³/mol. The maximum Gasteiger partial charge on any atom is 0.162 e. The minimum atomic E-state index is 0.0994. The molecule has 1 rings (SSSR count). The molecule has 0 saturated heterocycles. The molecule has 0 amide bonds. The van der Waals surface area contributed by atoms with E-state index >= 15 is 0 Å². The highest BCUT2D eigenvalue weighted by Gasteiger charge is 2.33. The number of carbonyl (C=O) groups excluding carboxylic acids is 2. The Hall–Kier alpha value is -0.920. The highest BCUT2D eigenvalue weighted by molar-refractivity contribution is 6.10. The van der Waals surface area contributed by atoms with Gasteiger partial charge in [0.05, 0.1) is 0 Å². The normalized spacial score (nSPS) is 19.7. The number of Topliss-reactive ketones (excluding diaryl/α,β-unsaturated/α-hetero) is 2. The highest BCUT2D eigenvalue weighted by Crippen LogP contribution is 2.34. The van der Waals surface area contributed by atoms with Gasteiger partial charge in [0.15, 0.2) is 11.6 Å². The van der Waals surface area contributed by atoms with Gasteiger partial charge in [0.25, 0.3) is 0 Å². The zero-order valence-corrected chi connectivity index (χ0v) is 12.1. The number of unbranched alkanes of at least 4 members (excludes halogenated alkanes) is 3. The van der Waals surface area contributed by atoms with Crippen molar-refractivity contribution in [1.82, 2.24) is 0 Å². The van der Waals surface area contributed by atoms with Gasteiger partial charge in [-0.3, -0.25) is 9.59 Å². The Labute approximate surface area is 111 Å². The van der Waals surface area contributed by atoms with Crippen LogP contribution < -0.4 is 0 Å². The number of allylic oxidation sites excluding steroid dienone is 2. The van der Waals surface area contributed by atoms with E-state index in [0.29, 0.717) is 6.42 Å². The standard InChI is InChI=1S/C16H26O2/c1-4-6-8-9-13-11-15(12(3)17)14(16(13)18)10-7-5-2/h13H,4-11H2,1-3H3. The van der Waals surface area contributed by atoms with Crippen LogP contribution in [0.4, 0.5) is 0 Å². The SMILES string of the molecule is CCCCCC1CC(C(C)=O)=C(CCCC)C1=O. The van der Waals surface area contributed by atoms with Crippen molar-refractivity contribution in [2.45, 2.75) is 72.1 Å². The van der Waals surface area contributed by atoms with Gasteiger partial charge in [0, 0.05) is 17.1 Å². The van der Waals surface area contributed by atoms with Crippen molar-refractivity contribution in [1.29, 1.82) is 0 Å². The Morgan fingerprint density at radius 2 is 1.83 bits per heavy atom. The van der Waals surface area contributed by atoms with Crippen LogP contribution in [0.3, 0.4) is 0 Å². The lowest BCUT2D eigenvalue weighted by Gasteiger charge is -2.08. The fourth-order valence-corrected chi connectivity index (χ4v) is 2.72. The molecule has 0 saturated carbocycles. The summed E-state index contributed by atoms with van der Waals surface area (Å²) < 4.78 is 0. The summed E-state index contributed by atoms with van der Waals surface area (Å²) in [5.41, 5.74) is 1.68. The van der Waals surface area contributed by atoms with Crippen molar-refractivity contribution in [2.24, 2.45) is 5.92 Å². The Morgan fingerprint density at radius 3 is 2.39 bits per heavy atom. The highest BCUT2D eigenvalue weighted by atomic mass is 16.1. The van der Waals surface area contributed by atoms with Crippen LogP contribution >= 0.6 is 0 Å². The van der Waals surface area contributed by atoms with Crippen LogP contribution in [0, 0.1) is 5.92 Å². The molecule has 0 aromatic heterocycles. The Balaban J connectivity index is 2.67. The molecule has 0 bridgehead atoms. The first kappa shape index (κ1) is 15.1. The molecule has 0 radical (unpaired) electrons. The molecule has 102 valence electrons. The van der Waals surface area contributed by atoms with Crippen LogP contribution in [0.1, 0.15) is 72.1 Å². The van der Waals surface area contributed by atoms with Crippen LogP contribution in [0.2, 0.25) is 0 Å². The van der Waals surface area contributed by atoms with Crippen LogP contribution in [0.15, 0.2) is 11.1 Å². The van der Waals surface area contributed by atoms with Crippen LogP contribution in [0.5, 0.6) is 0 Å². The van der Waals surface area contributed by atoms with Gasteiger partial charge in [-0.05, 0) is 32.6 Å². The first-order chi connectivity index (χ1) is 8.61. The van der Waals surface area contributed by atoms with Gasteiger partial charge in [-0.2, -0.15) is 0 Å². The van der Waals surface area contributed by atoms with E-state index in [4.69, 9.17) is 0 Å². The third-order valence-corrected chi connectivity index (χ3v) is 3.84. The van der Waals surface area contributed by atoms with Crippen molar-refractivity contribution in [3.8, 4) is 0 Å². The first-order valence-corrected chi connectivity index (χ1v) is 7.38. The summed E-state index contributed by atoms with van der Waals surface area (Å²) in [6.07, 6.45) is 8.02. The molecule has 18 heavy (non-hydrogen) atoms. The number of hydrogen-bond acceptors (Lipinski definition) is 2. The molecule has 0 aliphatic heterocycles. The van der Waals surface area contributed by atoms with Crippen LogP contribution in [-0.2, 0) is 9.59 Å². The molecule has 1 unspecified atom stereocenters. The Morgan fingerprint density at radius 1 is 1.17 bits per heavy atom. The average molecular weight is 250 g/mol. The molecule has 2 heteroatoms. The summed E-state index contributed by atoms with van der Waals surface area (Å²) in [5.74, 6) is 0.472. The zero-order valence-electron chi connectivity index (χ0n) is 12.1. The summed E-state index contributed by atoms with van der Waals surface area (Å²) in [6, 6.07) is 0. The number of hydrogen-bond donors (Lipinski definition) is 0. The topological polar surface area (TPSA) is 34.1 Å². The van der Waals surface area contributed by atoms with Crippen LogP contribution in [-0.4, -0.2) is 11.6 Å². The summed E-state index contributed by atoms with van der Waals surface area (Å²) >= 11 is 0. The van der Waals surface area contributed by atoms with E-state index in [2.05, 4.69) is 13.8 Å². The largest absolute Gasteiger partial charge is 0.295 e. The van der Waals surface area contributed by atoms with E-state index < -0.39 is 0 Å².